The second-order valence-electron chi connectivity index (χ2n) is 7.36. The zero-order valence-corrected chi connectivity index (χ0v) is 14.7. The van der Waals surface area contributed by atoms with Crippen LogP contribution in [0.1, 0.15) is 51.2 Å². The highest BCUT2D eigenvalue weighted by Gasteiger charge is 2.27. The van der Waals surface area contributed by atoms with Gasteiger partial charge in [0.25, 0.3) is 0 Å². The van der Waals surface area contributed by atoms with Crippen molar-refractivity contribution in [2.24, 2.45) is 5.92 Å². The van der Waals surface area contributed by atoms with E-state index in [-0.39, 0.29) is 6.09 Å². The molecule has 2 atom stereocenters. The summed E-state index contributed by atoms with van der Waals surface area (Å²) in [5.41, 5.74) is 2.04. The lowest BCUT2D eigenvalue weighted by atomic mass is 10.0. The SMILES string of the molecule is Cc1ccncc1CNC1CCCC1CNC(=O)OC(C)(C)C. The van der Waals surface area contributed by atoms with Crippen molar-refractivity contribution in [3.8, 4) is 0 Å². The number of nitrogens with one attached hydrogen (secondary N) is 2. The van der Waals surface area contributed by atoms with Gasteiger partial charge in [0.1, 0.15) is 5.60 Å². The molecule has 1 aromatic heterocycles. The number of aromatic nitrogens is 1. The fourth-order valence-electron chi connectivity index (χ4n) is 3.00. The quantitative estimate of drug-likeness (QED) is 0.875. The van der Waals surface area contributed by atoms with Gasteiger partial charge >= 0.3 is 6.09 Å². The minimum Gasteiger partial charge on any atom is -0.444 e. The molecule has 1 saturated carbocycles. The Hall–Kier alpha value is -1.62. The second kappa shape index (κ2) is 7.77. The van der Waals surface area contributed by atoms with E-state index in [4.69, 9.17) is 4.74 Å². The average molecular weight is 319 g/mol. The predicted octanol–water partition coefficient (Wildman–Crippen LogP) is 3.17. The van der Waals surface area contributed by atoms with Crippen LogP contribution in [-0.4, -0.2) is 29.3 Å². The number of alkyl carbamates (subject to hydrolysis) is 1. The zero-order valence-electron chi connectivity index (χ0n) is 14.7. The number of nitrogens with zero attached hydrogens (tertiary/aromatic N) is 1. The van der Waals surface area contributed by atoms with Crippen LogP contribution in [0.3, 0.4) is 0 Å². The number of rotatable bonds is 5. The first-order chi connectivity index (χ1) is 10.8. The summed E-state index contributed by atoms with van der Waals surface area (Å²) in [4.78, 5) is 16.0. The number of amides is 1. The van der Waals surface area contributed by atoms with Crippen LogP contribution in [-0.2, 0) is 11.3 Å². The molecule has 0 aliphatic heterocycles. The molecule has 2 unspecified atom stereocenters. The van der Waals surface area contributed by atoms with Gasteiger partial charge in [0.2, 0.25) is 0 Å². The molecule has 5 heteroatoms. The molecule has 0 spiro atoms. The molecule has 0 bridgehead atoms. The van der Waals surface area contributed by atoms with E-state index in [0.717, 1.165) is 19.4 Å². The molecule has 128 valence electrons. The third-order valence-corrected chi connectivity index (χ3v) is 4.27. The van der Waals surface area contributed by atoms with Crippen molar-refractivity contribution in [2.45, 2.75) is 65.1 Å². The van der Waals surface area contributed by atoms with Gasteiger partial charge in [-0.1, -0.05) is 6.42 Å². The lowest BCUT2D eigenvalue weighted by Crippen LogP contribution is -2.40. The van der Waals surface area contributed by atoms with Crippen LogP contribution in [0, 0.1) is 12.8 Å². The fraction of sp³-hybridized carbons (Fsp3) is 0.667. The lowest BCUT2D eigenvalue weighted by Gasteiger charge is -2.24. The van der Waals surface area contributed by atoms with Gasteiger partial charge in [-0.05, 0) is 63.6 Å². The molecule has 2 N–H and O–H groups in total. The topological polar surface area (TPSA) is 63.2 Å². The first kappa shape index (κ1) is 17.7. The summed E-state index contributed by atoms with van der Waals surface area (Å²) in [5.74, 6) is 0.458. The van der Waals surface area contributed by atoms with Crippen LogP contribution in [0.2, 0.25) is 0 Å². The highest BCUT2D eigenvalue weighted by molar-refractivity contribution is 5.67. The monoisotopic (exact) mass is 319 g/mol. The first-order valence-corrected chi connectivity index (χ1v) is 8.45. The van der Waals surface area contributed by atoms with Gasteiger partial charge < -0.3 is 15.4 Å². The smallest absolute Gasteiger partial charge is 0.407 e. The van der Waals surface area contributed by atoms with Crippen LogP contribution < -0.4 is 10.6 Å². The van der Waals surface area contributed by atoms with Crippen molar-refractivity contribution in [3.63, 3.8) is 0 Å². The van der Waals surface area contributed by atoms with Crippen molar-refractivity contribution < 1.29 is 9.53 Å². The highest BCUT2D eigenvalue weighted by Crippen LogP contribution is 2.25. The van der Waals surface area contributed by atoms with Gasteiger partial charge in [-0.25, -0.2) is 4.79 Å². The minimum absolute atomic E-state index is 0.328. The third-order valence-electron chi connectivity index (χ3n) is 4.27. The Morgan fingerprint density at radius 1 is 1.39 bits per heavy atom. The highest BCUT2D eigenvalue weighted by atomic mass is 16.6. The molecule has 0 saturated heterocycles. The van der Waals surface area contributed by atoms with Crippen molar-refractivity contribution >= 4 is 6.09 Å². The molecular formula is C18H29N3O2. The summed E-state index contributed by atoms with van der Waals surface area (Å²) < 4.78 is 5.30. The van der Waals surface area contributed by atoms with Gasteiger partial charge in [-0.15, -0.1) is 0 Å². The number of carbonyl (C=O) groups is 1. The summed E-state index contributed by atoms with van der Waals surface area (Å²) >= 11 is 0. The normalized spacial score (nSPS) is 21.2. The van der Waals surface area contributed by atoms with Gasteiger partial charge in [0, 0.05) is 31.5 Å². The first-order valence-electron chi connectivity index (χ1n) is 8.45. The van der Waals surface area contributed by atoms with E-state index in [2.05, 4.69) is 22.5 Å². The van der Waals surface area contributed by atoms with Crippen molar-refractivity contribution in [1.29, 1.82) is 0 Å². The maximum atomic E-state index is 11.8. The Labute approximate surface area is 139 Å². The van der Waals surface area contributed by atoms with E-state index in [1.165, 1.54) is 17.5 Å². The molecule has 1 fully saturated rings. The Kier molecular flexibility index (Phi) is 5.99. The van der Waals surface area contributed by atoms with Crippen LogP contribution >= 0.6 is 0 Å². The van der Waals surface area contributed by atoms with Gasteiger partial charge in [0.05, 0.1) is 0 Å². The third kappa shape index (κ3) is 5.82. The largest absolute Gasteiger partial charge is 0.444 e. The standard InChI is InChI=1S/C18H29N3O2/c1-13-8-9-19-10-15(13)12-20-16-7-5-6-14(16)11-21-17(22)23-18(2,3)4/h8-10,14,16,20H,5-7,11-12H2,1-4H3,(H,21,22). The number of hydrogen-bond acceptors (Lipinski definition) is 4. The molecule has 1 aliphatic carbocycles. The Morgan fingerprint density at radius 2 is 2.17 bits per heavy atom. The molecule has 2 rings (SSSR count). The zero-order chi connectivity index (χ0) is 16.9. The summed E-state index contributed by atoms with van der Waals surface area (Å²) in [6.07, 6.45) is 6.91. The molecule has 23 heavy (non-hydrogen) atoms. The van der Waals surface area contributed by atoms with E-state index >= 15 is 0 Å². The van der Waals surface area contributed by atoms with Crippen LogP contribution in [0.15, 0.2) is 18.5 Å². The van der Waals surface area contributed by atoms with Crippen LogP contribution in [0.25, 0.3) is 0 Å². The number of ether oxygens (including phenoxy) is 1. The van der Waals surface area contributed by atoms with Crippen molar-refractivity contribution in [2.75, 3.05) is 6.54 Å². The van der Waals surface area contributed by atoms with Gasteiger partial charge in [-0.3, -0.25) is 4.98 Å². The van der Waals surface area contributed by atoms with Gasteiger partial charge in [-0.2, -0.15) is 0 Å². The number of pyridine rings is 1. The Balaban J connectivity index is 1.79. The van der Waals surface area contributed by atoms with E-state index < -0.39 is 5.60 Å². The maximum absolute atomic E-state index is 11.8. The van der Waals surface area contributed by atoms with Crippen LogP contribution in [0.5, 0.6) is 0 Å². The van der Waals surface area contributed by atoms with Crippen molar-refractivity contribution in [1.82, 2.24) is 15.6 Å². The minimum atomic E-state index is -0.449. The summed E-state index contributed by atoms with van der Waals surface area (Å²) in [6, 6.07) is 2.47. The summed E-state index contributed by atoms with van der Waals surface area (Å²) in [5, 5.41) is 6.54. The number of aryl methyl sites for hydroxylation is 1. The van der Waals surface area contributed by atoms with E-state index in [1.54, 1.807) is 0 Å². The molecule has 0 radical (unpaired) electrons. The summed E-state index contributed by atoms with van der Waals surface area (Å²) in [7, 11) is 0. The average Bonchev–Trinajstić information content (AvgIpc) is 2.90. The Morgan fingerprint density at radius 3 is 2.87 bits per heavy atom. The second-order valence-corrected chi connectivity index (χ2v) is 7.36. The van der Waals surface area contributed by atoms with E-state index in [1.807, 2.05) is 39.2 Å². The fourth-order valence-corrected chi connectivity index (χ4v) is 3.00. The van der Waals surface area contributed by atoms with Gasteiger partial charge in [0.15, 0.2) is 0 Å². The number of carbonyl (C=O) groups excluding carboxylic acids is 1. The molecular weight excluding hydrogens is 290 g/mol. The Bertz CT molecular complexity index is 525. The van der Waals surface area contributed by atoms with Crippen molar-refractivity contribution in [3.05, 3.63) is 29.6 Å². The van der Waals surface area contributed by atoms with E-state index in [9.17, 15) is 4.79 Å². The van der Waals surface area contributed by atoms with Crippen LogP contribution in [0.4, 0.5) is 4.79 Å². The molecule has 5 nitrogen and oxygen atoms in total. The molecule has 1 aliphatic rings. The van der Waals surface area contributed by atoms with E-state index in [0.29, 0.717) is 18.5 Å². The number of hydrogen-bond donors (Lipinski definition) is 2. The maximum Gasteiger partial charge on any atom is 0.407 e. The molecule has 1 amide bonds. The summed E-state index contributed by atoms with van der Waals surface area (Å²) in [6.45, 7) is 9.23. The molecule has 0 aromatic carbocycles. The lowest BCUT2D eigenvalue weighted by molar-refractivity contribution is 0.0517. The molecule has 1 heterocycles. The molecule has 1 aromatic rings. The predicted molar refractivity (Wildman–Crippen MR) is 91.2 cm³/mol.